The number of carbonyl (C=O) groups excluding carboxylic acids is 3. The van der Waals surface area contributed by atoms with Gasteiger partial charge in [-0.2, -0.15) is 0 Å². The molecular formula is C17H21FN2O4S. The molecule has 1 aliphatic rings. The lowest BCUT2D eigenvalue weighted by atomic mass is 10.0. The van der Waals surface area contributed by atoms with Crippen LogP contribution in [0.25, 0.3) is 0 Å². The van der Waals surface area contributed by atoms with Crippen LogP contribution >= 0.6 is 11.8 Å². The number of amides is 2. The van der Waals surface area contributed by atoms with Crippen LogP contribution in [0.4, 0.5) is 4.39 Å². The molecule has 0 radical (unpaired) electrons. The quantitative estimate of drug-likeness (QED) is 0.585. The highest BCUT2D eigenvalue weighted by Gasteiger charge is 2.30. The van der Waals surface area contributed by atoms with E-state index in [0.717, 1.165) is 17.7 Å². The molecule has 1 saturated heterocycles. The fourth-order valence-corrected chi connectivity index (χ4v) is 3.44. The van der Waals surface area contributed by atoms with Gasteiger partial charge in [0, 0.05) is 17.2 Å². The number of carbonyl (C=O) groups is 3. The van der Waals surface area contributed by atoms with E-state index in [4.69, 9.17) is 10.5 Å². The van der Waals surface area contributed by atoms with Crippen molar-refractivity contribution in [2.24, 2.45) is 5.73 Å². The van der Waals surface area contributed by atoms with E-state index in [1.165, 1.54) is 28.8 Å². The monoisotopic (exact) mass is 368 g/mol. The first kappa shape index (κ1) is 19.2. The van der Waals surface area contributed by atoms with Crippen molar-refractivity contribution in [2.45, 2.75) is 36.6 Å². The van der Waals surface area contributed by atoms with Gasteiger partial charge in [-0.3, -0.25) is 14.4 Å². The summed E-state index contributed by atoms with van der Waals surface area (Å²) < 4.78 is 17.8. The maximum Gasteiger partial charge on any atom is 0.307 e. The van der Waals surface area contributed by atoms with Gasteiger partial charge in [0.15, 0.2) is 6.61 Å². The molecule has 6 nitrogen and oxygen atoms in total. The minimum Gasteiger partial charge on any atom is -0.456 e. The number of rotatable bonds is 7. The highest BCUT2D eigenvalue weighted by molar-refractivity contribution is 7.99. The lowest BCUT2D eigenvalue weighted by molar-refractivity contribution is -0.154. The predicted octanol–water partition coefficient (Wildman–Crippen LogP) is 1.72. The molecule has 0 saturated carbocycles. The summed E-state index contributed by atoms with van der Waals surface area (Å²) in [6, 6.07) is 5.36. The topological polar surface area (TPSA) is 89.7 Å². The normalized spacial score (nSPS) is 17.2. The van der Waals surface area contributed by atoms with Gasteiger partial charge in [-0.1, -0.05) is 0 Å². The summed E-state index contributed by atoms with van der Waals surface area (Å²) in [5.74, 6) is -1.27. The highest BCUT2D eigenvalue weighted by atomic mass is 32.2. The Kier molecular flexibility index (Phi) is 7.24. The Morgan fingerprint density at radius 2 is 1.96 bits per heavy atom. The second-order valence-corrected chi connectivity index (χ2v) is 6.88. The van der Waals surface area contributed by atoms with Gasteiger partial charge in [0.25, 0.3) is 5.91 Å². The minimum absolute atomic E-state index is 0.134. The number of benzene rings is 1. The molecule has 0 bridgehead atoms. The average molecular weight is 368 g/mol. The number of hydrogen-bond acceptors (Lipinski definition) is 5. The molecule has 1 heterocycles. The number of thioether (sulfide) groups is 1. The lowest BCUT2D eigenvalue weighted by Gasteiger charge is -2.33. The zero-order valence-corrected chi connectivity index (χ0v) is 14.6. The maximum absolute atomic E-state index is 12.8. The number of nitrogens with two attached hydrogens (primary N) is 1. The first-order valence-electron chi connectivity index (χ1n) is 8.10. The molecule has 1 fully saturated rings. The summed E-state index contributed by atoms with van der Waals surface area (Å²) in [6.45, 7) is 0.0637. The summed E-state index contributed by atoms with van der Waals surface area (Å²) in [6.07, 6.45) is 2.33. The lowest BCUT2D eigenvalue weighted by Crippen LogP contribution is -2.51. The maximum atomic E-state index is 12.8. The van der Waals surface area contributed by atoms with Crippen LogP contribution in [-0.4, -0.2) is 47.6 Å². The van der Waals surface area contributed by atoms with Crippen molar-refractivity contribution in [1.29, 1.82) is 0 Å². The number of hydrogen-bond donors (Lipinski definition) is 1. The smallest absolute Gasteiger partial charge is 0.307 e. The molecule has 1 atom stereocenters. The van der Waals surface area contributed by atoms with Crippen molar-refractivity contribution in [3.05, 3.63) is 30.1 Å². The van der Waals surface area contributed by atoms with Crippen molar-refractivity contribution in [1.82, 2.24) is 4.90 Å². The summed E-state index contributed by atoms with van der Waals surface area (Å²) >= 11 is 1.40. The van der Waals surface area contributed by atoms with Crippen LogP contribution in [0.15, 0.2) is 29.2 Å². The van der Waals surface area contributed by atoms with Gasteiger partial charge in [0.05, 0.1) is 6.42 Å². The molecule has 25 heavy (non-hydrogen) atoms. The minimum atomic E-state index is -0.617. The van der Waals surface area contributed by atoms with Crippen LogP contribution in [0.2, 0.25) is 0 Å². The van der Waals surface area contributed by atoms with Crippen LogP contribution in [-0.2, 0) is 19.1 Å². The summed E-state index contributed by atoms with van der Waals surface area (Å²) in [4.78, 5) is 37.5. The Labute approximate surface area is 149 Å². The number of likely N-dealkylation sites (tertiary alicyclic amines) is 1. The third kappa shape index (κ3) is 6.04. The molecule has 1 aromatic carbocycles. The van der Waals surface area contributed by atoms with Gasteiger partial charge in [-0.05, 0) is 43.5 Å². The largest absolute Gasteiger partial charge is 0.456 e. The zero-order chi connectivity index (χ0) is 18.2. The van der Waals surface area contributed by atoms with E-state index < -0.39 is 23.8 Å². The highest BCUT2D eigenvalue weighted by Crippen LogP contribution is 2.19. The van der Waals surface area contributed by atoms with Crippen molar-refractivity contribution in [2.75, 3.05) is 18.9 Å². The van der Waals surface area contributed by atoms with Crippen molar-refractivity contribution < 1.29 is 23.5 Å². The molecule has 0 aromatic heterocycles. The van der Waals surface area contributed by atoms with Gasteiger partial charge >= 0.3 is 5.97 Å². The molecule has 0 unspecified atom stereocenters. The Balaban J connectivity index is 1.70. The van der Waals surface area contributed by atoms with E-state index >= 15 is 0 Å². The Morgan fingerprint density at radius 1 is 1.24 bits per heavy atom. The fourth-order valence-electron chi connectivity index (χ4n) is 2.61. The van der Waals surface area contributed by atoms with E-state index in [9.17, 15) is 18.8 Å². The number of piperidine rings is 1. The third-order valence-corrected chi connectivity index (χ3v) is 4.91. The second-order valence-electron chi connectivity index (χ2n) is 5.71. The van der Waals surface area contributed by atoms with E-state index in [2.05, 4.69) is 0 Å². The van der Waals surface area contributed by atoms with Gasteiger partial charge in [0.2, 0.25) is 5.91 Å². The second kappa shape index (κ2) is 9.41. The molecule has 2 rings (SSSR count). The Bertz CT molecular complexity index is 624. The van der Waals surface area contributed by atoms with E-state index in [0.29, 0.717) is 18.7 Å². The fraction of sp³-hybridized carbons (Fsp3) is 0.471. The molecule has 2 amide bonds. The number of esters is 1. The zero-order valence-electron chi connectivity index (χ0n) is 13.8. The standard InChI is InChI=1S/C17H21FN2O4S/c18-12-4-6-13(7-5-12)25-10-8-16(22)24-11-15(21)20-9-2-1-3-14(20)17(19)23/h4-7,14H,1-3,8-11H2,(H2,19,23)/t14-/m1/s1. The van der Waals surface area contributed by atoms with Crippen LogP contribution in [0.5, 0.6) is 0 Å². The SMILES string of the molecule is NC(=O)[C@H]1CCCCN1C(=O)COC(=O)CCSc1ccc(F)cc1. The molecule has 8 heteroatoms. The van der Waals surface area contributed by atoms with Crippen molar-refractivity contribution >= 4 is 29.5 Å². The summed E-state index contributed by atoms with van der Waals surface area (Å²) in [5, 5.41) is 0. The first-order chi connectivity index (χ1) is 12.0. The molecule has 0 aliphatic carbocycles. The van der Waals surface area contributed by atoms with Gasteiger partial charge in [0.1, 0.15) is 11.9 Å². The first-order valence-corrected chi connectivity index (χ1v) is 9.08. The molecule has 2 N–H and O–H groups in total. The average Bonchev–Trinajstić information content (AvgIpc) is 2.61. The Morgan fingerprint density at radius 3 is 2.64 bits per heavy atom. The van der Waals surface area contributed by atoms with E-state index in [-0.39, 0.29) is 18.8 Å². The third-order valence-electron chi connectivity index (χ3n) is 3.90. The van der Waals surface area contributed by atoms with Crippen molar-refractivity contribution in [3.8, 4) is 0 Å². The number of ether oxygens (including phenoxy) is 1. The van der Waals surface area contributed by atoms with Gasteiger partial charge < -0.3 is 15.4 Å². The van der Waals surface area contributed by atoms with Crippen LogP contribution in [0.1, 0.15) is 25.7 Å². The molecule has 1 aromatic rings. The summed E-state index contributed by atoms with van der Waals surface area (Å²) in [5.41, 5.74) is 5.31. The van der Waals surface area contributed by atoms with Crippen molar-refractivity contribution in [3.63, 3.8) is 0 Å². The van der Waals surface area contributed by atoms with Crippen LogP contribution < -0.4 is 5.73 Å². The number of halogens is 1. The van der Waals surface area contributed by atoms with Crippen LogP contribution in [0.3, 0.4) is 0 Å². The predicted molar refractivity (Wildman–Crippen MR) is 91.2 cm³/mol. The number of nitrogens with zero attached hydrogens (tertiary/aromatic N) is 1. The van der Waals surface area contributed by atoms with E-state index in [1.807, 2.05) is 0 Å². The molecular weight excluding hydrogens is 347 g/mol. The molecule has 1 aliphatic heterocycles. The van der Waals surface area contributed by atoms with E-state index in [1.54, 1.807) is 12.1 Å². The Hall–Kier alpha value is -2.09. The van der Waals surface area contributed by atoms with Gasteiger partial charge in [-0.25, -0.2) is 4.39 Å². The van der Waals surface area contributed by atoms with Crippen LogP contribution in [0, 0.1) is 5.82 Å². The van der Waals surface area contributed by atoms with Gasteiger partial charge in [-0.15, -0.1) is 11.8 Å². The number of primary amides is 1. The molecule has 0 spiro atoms. The summed E-state index contributed by atoms with van der Waals surface area (Å²) in [7, 11) is 0. The molecule has 136 valence electrons.